The lowest BCUT2D eigenvalue weighted by Gasteiger charge is -2.07. The number of nitrogen functional groups attached to an aromatic ring is 1. The van der Waals surface area contributed by atoms with Crippen molar-refractivity contribution in [2.75, 3.05) is 11.1 Å². The molecule has 2 aromatic carbocycles. The fourth-order valence-corrected chi connectivity index (χ4v) is 3.92. The van der Waals surface area contributed by atoms with Gasteiger partial charge in [-0.3, -0.25) is 9.89 Å². The number of H-pyrrole nitrogens is 2. The molecule has 5 N–H and O–H groups in total. The number of hydrogen-bond donors (Lipinski definition) is 4. The number of ketones is 1. The Hall–Kier alpha value is -5.12. The number of rotatable bonds is 6. The second kappa shape index (κ2) is 8.34. The zero-order chi connectivity index (χ0) is 23.8. The average Bonchev–Trinajstić information content (AvgIpc) is 3.50. The SMILES string of the molecule is Nc1nccc(CC(=O)c2cc3ccc(-c4nccc(Nc5ccc6[nH]ncc6c5)n4)cc3[nH]2)n1. The summed E-state index contributed by atoms with van der Waals surface area (Å²) < 4.78 is 0. The number of nitrogens with zero attached hydrogens (tertiary/aromatic N) is 5. The minimum Gasteiger partial charge on any atom is -0.368 e. The number of hydrogen-bond acceptors (Lipinski definition) is 8. The number of aromatic nitrogens is 7. The van der Waals surface area contributed by atoms with Crippen LogP contribution in [0, 0.1) is 0 Å². The van der Waals surface area contributed by atoms with E-state index in [2.05, 4.69) is 40.4 Å². The van der Waals surface area contributed by atoms with Crippen LogP contribution in [-0.4, -0.2) is 40.9 Å². The molecule has 170 valence electrons. The van der Waals surface area contributed by atoms with Gasteiger partial charge in [0.05, 0.1) is 29.5 Å². The third kappa shape index (κ3) is 4.15. The molecule has 0 unspecified atom stereocenters. The Morgan fingerprint density at radius 1 is 0.914 bits per heavy atom. The van der Waals surface area contributed by atoms with Gasteiger partial charge >= 0.3 is 0 Å². The topological polar surface area (TPSA) is 151 Å². The van der Waals surface area contributed by atoms with E-state index in [0.29, 0.717) is 23.0 Å². The lowest BCUT2D eigenvalue weighted by molar-refractivity contribution is 0.0988. The number of carbonyl (C=O) groups is 1. The first-order valence-corrected chi connectivity index (χ1v) is 10.9. The monoisotopic (exact) mass is 461 g/mol. The first-order valence-electron chi connectivity index (χ1n) is 10.9. The molecular formula is C25H19N9O. The standard InChI is InChI=1S/C25H19N9O/c26-25-28-7-5-18(31-25)12-22(35)21-10-14-1-2-15(11-20(14)32-21)24-27-8-6-23(33-24)30-17-3-4-19-16(9-17)13-29-34-19/h1-11,13,32H,12H2,(H,29,34)(H2,26,28,31)(H,27,30,33). The maximum absolute atomic E-state index is 12.8. The van der Waals surface area contributed by atoms with Gasteiger partial charge in [-0.2, -0.15) is 5.10 Å². The van der Waals surface area contributed by atoms with Gasteiger partial charge in [-0.15, -0.1) is 0 Å². The summed E-state index contributed by atoms with van der Waals surface area (Å²) >= 11 is 0. The van der Waals surface area contributed by atoms with Crippen molar-refractivity contribution in [2.24, 2.45) is 0 Å². The molecule has 0 spiro atoms. The first-order chi connectivity index (χ1) is 17.1. The summed E-state index contributed by atoms with van der Waals surface area (Å²) in [6.07, 6.45) is 5.16. The zero-order valence-corrected chi connectivity index (χ0v) is 18.4. The van der Waals surface area contributed by atoms with Crippen molar-refractivity contribution in [1.82, 2.24) is 35.1 Å². The number of nitrogens with one attached hydrogen (secondary N) is 3. The van der Waals surface area contributed by atoms with Crippen LogP contribution in [0.2, 0.25) is 0 Å². The number of fused-ring (bicyclic) bond motifs is 2. The van der Waals surface area contributed by atoms with Crippen LogP contribution in [0.4, 0.5) is 17.5 Å². The molecule has 6 rings (SSSR count). The van der Waals surface area contributed by atoms with Gasteiger partial charge < -0.3 is 16.0 Å². The van der Waals surface area contributed by atoms with Crippen LogP contribution in [0.15, 0.2) is 73.2 Å². The lowest BCUT2D eigenvalue weighted by Crippen LogP contribution is -2.07. The normalized spacial score (nSPS) is 11.2. The lowest BCUT2D eigenvalue weighted by atomic mass is 10.1. The van der Waals surface area contributed by atoms with E-state index in [9.17, 15) is 4.79 Å². The molecule has 35 heavy (non-hydrogen) atoms. The predicted molar refractivity (Wildman–Crippen MR) is 133 cm³/mol. The molecule has 6 aromatic rings. The third-order valence-corrected chi connectivity index (χ3v) is 5.62. The van der Waals surface area contributed by atoms with Gasteiger partial charge in [0.2, 0.25) is 5.95 Å². The number of nitrogens with two attached hydrogens (primary N) is 1. The molecule has 10 nitrogen and oxygen atoms in total. The van der Waals surface area contributed by atoms with Gasteiger partial charge in [0.15, 0.2) is 11.6 Å². The Balaban J connectivity index is 1.25. The summed E-state index contributed by atoms with van der Waals surface area (Å²) in [5, 5.41) is 12.2. The molecular weight excluding hydrogens is 442 g/mol. The summed E-state index contributed by atoms with van der Waals surface area (Å²) in [4.78, 5) is 33.0. The molecule has 4 heterocycles. The number of carbonyl (C=O) groups excluding carboxylic acids is 1. The minimum atomic E-state index is -0.0853. The van der Waals surface area contributed by atoms with Crippen molar-refractivity contribution < 1.29 is 4.79 Å². The molecule has 10 heteroatoms. The molecule has 4 aromatic heterocycles. The molecule has 0 amide bonds. The van der Waals surface area contributed by atoms with Crippen molar-refractivity contribution in [3.05, 3.63) is 84.6 Å². The fraction of sp³-hybridized carbons (Fsp3) is 0.0400. The van der Waals surface area contributed by atoms with Gasteiger partial charge in [0.25, 0.3) is 0 Å². The number of aromatic amines is 2. The molecule has 0 bridgehead atoms. The highest BCUT2D eigenvalue weighted by Crippen LogP contribution is 2.25. The Morgan fingerprint density at radius 2 is 1.83 bits per heavy atom. The predicted octanol–water partition coefficient (Wildman–Crippen LogP) is 4.04. The maximum atomic E-state index is 12.8. The Labute approximate surface area is 198 Å². The van der Waals surface area contributed by atoms with Gasteiger partial charge in [0, 0.05) is 39.9 Å². The summed E-state index contributed by atoms with van der Waals surface area (Å²) in [5.74, 6) is 1.30. The van der Waals surface area contributed by atoms with Gasteiger partial charge in [-0.1, -0.05) is 12.1 Å². The average molecular weight is 461 g/mol. The fourth-order valence-electron chi connectivity index (χ4n) is 3.92. The largest absolute Gasteiger partial charge is 0.368 e. The Morgan fingerprint density at radius 3 is 2.74 bits per heavy atom. The molecule has 0 radical (unpaired) electrons. The molecule has 0 atom stereocenters. The first kappa shape index (κ1) is 20.5. The Bertz CT molecular complexity index is 1700. The summed E-state index contributed by atoms with van der Waals surface area (Å²) in [5.41, 5.74) is 10.2. The van der Waals surface area contributed by atoms with E-state index in [-0.39, 0.29) is 18.2 Å². The van der Waals surface area contributed by atoms with E-state index in [1.807, 2.05) is 48.5 Å². The van der Waals surface area contributed by atoms with Crippen LogP contribution in [-0.2, 0) is 6.42 Å². The van der Waals surface area contributed by atoms with Gasteiger partial charge in [-0.05, 0) is 42.5 Å². The minimum absolute atomic E-state index is 0.0853. The van der Waals surface area contributed by atoms with Gasteiger partial charge in [-0.25, -0.2) is 19.9 Å². The van der Waals surface area contributed by atoms with Crippen molar-refractivity contribution in [3.63, 3.8) is 0 Å². The van der Waals surface area contributed by atoms with E-state index in [1.165, 1.54) is 0 Å². The highest BCUT2D eigenvalue weighted by atomic mass is 16.1. The second-order valence-corrected chi connectivity index (χ2v) is 8.05. The third-order valence-electron chi connectivity index (χ3n) is 5.62. The smallest absolute Gasteiger partial charge is 0.220 e. The van der Waals surface area contributed by atoms with Crippen LogP contribution >= 0.6 is 0 Å². The van der Waals surface area contributed by atoms with E-state index in [4.69, 9.17) is 5.73 Å². The number of benzene rings is 2. The molecule has 0 saturated heterocycles. The van der Waals surface area contributed by atoms with E-state index < -0.39 is 0 Å². The molecule has 0 aliphatic rings. The van der Waals surface area contributed by atoms with Crippen LogP contribution in [0.1, 0.15) is 16.2 Å². The van der Waals surface area contributed by atoms with Crippen molar-refractivity contribution in [3.8, 4) is 11.4 Å². The second-order valence-electron chi connectivity index (χ2n) is 8.05. The van der Waals surface area contributed by atoms with Crippen LogP contribution in [0.3, 0.4) is 0 Å². The van der Waals surface area contributed by atoms with E-state index in [0.717, 1.165) is 33.1 Å². The highest BCUT2D eigenvalue weighted by Gasteiger charge is 2.13. The molecule has 0 aliphatic heterocycles. The summed E-state index contributed by atoms with van der Waals surface area (Å²) in [7, 11) is 0. The molecule has 0 fully saturated rings. The quantitative estimate of drug-likeness (QED) is 0.271. The Kier molecular flexibility index (Phi) is 4.88. The number of Topliss-reactive ketones (excluding diaryl/α,β-unsaturated/α-hetero) is 1. The van der Waals surface area contributed by atoms with Crippen LogP contribution < -0.4 is 11.1 Å². The maximum Gasteiger partial charge on any atom is 0.220 e. The van der Waals surface area contributed by atoms with Crippen LogP contribution in [0.25, 0.3) is 33.2 Å². The zero-order valence-electron chi connectivity index (χ0n) is 18.4. The van der Waals surface area contributed by atoms with Crippen LogP contribution in [0.5, 0.6) is 0 Å². The highest BCUT2D eigenvalue weighted by molar-refractivity contribution is 6.00. The van der Waals surface area contributed by atoms with Gasteiger partial charge in [0.1, 0.15) is 5.82 Å². The molecule has 0 saturated carbocycles. The van der Waals surface area contributed by atoms with E-state index in [1.54, 1.807) is 24.7 Å². The summed E-state index contributed by atoms with van der Waals surface area (Å²) in [6, 6.07) is 17.1. The molecule has 0 aliphatic carbocycles. The number of anilines is 3. The van der Waals surface area contributed by atoms with Crippen molar-refractivity contribution in [1.29, 1.82) is 0 Å². The van der Waals surface area contributed by atoms with E-state index >= 15 is 0 Å². The summed E-state index contributed by atoms with van der Waals surface area (Å²) in [6.45, 7) is 0. The van der Waals surface area contributed by atoms with Crippen molar-refractivity contribution >= 4 is 45.0 Å². The van der Waals surface area contributed by atoms with Crippen molar-refractivity contribution in [2.45, 2.75) is 6.42 Å².